The molecule has 2 saturated heterocycles. The maximum absolute atomic E-state index is 13.3. The van der Waals surface area contributed by atoms with Gasteiger partial charge in [0.05, 0.1) is 6.04 Å². The maximum Gasteiger partial charge on any atom is 0.245 e. The fraction of sp³-hybridized carbons (Fsp3) is 0.522. The van der Waals surface area contributed by atoms with Crippen molar-refractivity contribution in [2.75, 3.05) is 13.1 Å². The van der Waals surface area contributed by atoms with Gasteiger partial charge in [-0.1, -0.05) is 30.3 Å². The fourth-order valence-corrected chi connectivity index (χ4v) is 5.36. The summed E-state index contributed by atoms with van der Waals surface area (Å²) >= 11 is 1.41. The molecule has 0 radical (unpaired) electrons. The molecule has 0 saturated carbocycles. The van der Waals surface area contributed by atoms with Gasteiger partial charge in [0.25, 0.3) is 0 Å². The van der Waals surface area contributed by atoms with Crippen molar-refractivity contribution >= 4 is 23.2 Å². The smallest absolute Gasteiger partial charge is 0.245 e. The van der Waals surface area contributed by atoms with E-state index in [2.05, 4.69) is 17.1 Å². The van der Waals surface area contributed by atoms with Crippen molar-refractivity contribution in [3.05, 3.63) is 52.5 Å². The summed E-state index contributed by atoms with van der Waals surface area (Å²) in [5.74, 6) is 0.0556. The maximum atomic E-state index is 13.3. The Bertz CT molecular complexity index is 843. The van der Waals surface area contributed by atoms with Crippen molar-refractivity contribution in [2.45, 2.75) is 63.1 Å². The molecule has 2 amide bonds. The van der Waals surface area contributed by atoms with Crippen LogP contribution in [0.3, 0.4) is 0 Å². The Morgan fingerprint density at radius 2 is 1.90 bits per heavy atom. The van der Waals surface area contributed by atoms with Gasteiger partial charge in [0.1, 0.15) is 17.2 Å². The van der Waals surface area contributed by atoms with Crippen molar-refractivity contribution in [3.63, 3.8) is 0 Å². The van der Waals surface area contributed by atoms with Crippen LogP contribution in [0.2, 0.25) is 0 Å². The Kier molecular flexibility index (Phi) is 6.79. The zero-order chi connectivity index (χ0) is 20.9. The molecule has 0 spiro atoms. The zero-order valence-corrected chi connectivity index (χ0v) is 18.0. The summed E-state index contributed by atoms with van der Waals surface area (Å²) in [7, 11) is 0. The molecule has 2 fully saturated rings. The van der Waals surface area contributed by atoms with Gasteiger partial charge in [-0.3, -0.25) is 9.59 Å². The first kappa shape index (κ1) is 21.0. The fourth-order valence-electron chi connectivity index (χ4n) is 4.68. The number of carbonyl (C=O) groups is 2. The van der Waals surface area contributed by atoms with Gasteiger partial charge in [0.15, 0.2) is 0 Å². The molecule has 1 unspecified atom stereocenters. The summed E-state index contributed by atoms with van der Waals surface area (Å²) < 4.78 is 0. The number of likely N-dealkylation sites (tertiary alicyclic amines) is 2. The van der Waals surface area contributed by atoms with Crippen molar-refractivity contribution in [1.82, 2.24) is 14.8 Å². The highest BCUT2D eigenvalue weighted by Gasteiger charge is 2.42. The Morgan fingerprint density at radius 1 is 1.13 bits per heavy atom. The van der Waals surface area contributed by atoms with Crippen LogP contribution in [0.4, 0.5) is 0 Å². The molecule has 3 heterocycles. The van der Waals surface area contributed by atoms with Gasteiger partial charge >= 0.3 is 0 Å². The van der Waals surface area contributed by atoms with E-state index in [-0.39, 0.29) is 17.9 Å². The lowest BCUT2D eigenvalue weighted by Crippen LogP contribution is -2.50. The molecule has 1 N–H and O–H groups in total. The molecule has 1 aromatic carbocycles. The number of aliphatic hydroxyl groups excluding tert-OH is 1. The standard InChI is InChI=1S/C23H29N3O3S/c27-20(12-4-9-17-7-2-1-3-8-17)25-14-6-11-19(25)23(29)26-15-5-10-18(26)21(28)22-24-13-16-30-22/h1-3,7-8,13,16,18-19,21,28H,4-6,9-12,14-15H2/t18-,19+,21?/m1/s1. The number of amides is 2. The number of nitrogens with zero attached hydrogens (tertiary/aromatic N) is 3. The number of rotatable bonds is 7. The van der Waals surface area contributed by atoms with E-state index >= 15 is 0 Å². The third-order valence-corrected chi connectivity index (χ3v) is 7.05. The van der Waals surface area contributed by atoms with Crippen LogP contribution in [0.5, 0.6) is 0 Å². The highest BCUT2D eigenvalue weighted by atomic mass is 32.1. The van der Waals surface area contributed by atoms with E-state index in [1.165, 1.54) is 16.9 Å². The van der Waals surface area contributed by atoms with E-state index in [0.717, 1.165) is 32.1 Å². The number of carbonyl (C=O) groups excluding carboxylic acids is 2. The van der Waals surface area contributed by atoms with Crippen LogP contribution in [0.25, 0.3) is 0 Å². The third-order valence-electron chi connectivity index (χ3n) is 6.21. The molecule has 0 bridgehead atoms. The van der Waals surface area contributed by atoms with Crippen LogP contribution in [-0.2, 0) is 16.0 Å². The number of aromatic nitrogens is 1. The average molecular weight is 428 g/mol. The summed E-state index contributed by atoms with van der Waals surface area (Å²) in [6, 6.07) is 9.53. The Balaban J connectivity index is 1.36. The van der Waals surface area contributed by atoms with Crippen molar-refractivity contribution in [3.8, 4) is 0 Å². The lowest BCUT2D eigenvalue weighted by molar-refractivity contribution is -0.145. The SMILES string of the molecule is O=C([C@@H]1CCCN1C(=O)CCCc1ccccc1)N1CCC[C@@H]1C(O)c1nccs1. The lowest BCUT2D eigenvalue weighted by Gasteiger charge is -2.33. The van der Waals surface area contributed by atoms with Gasteiger partial charge < -0.3 is 14.9 Å². The largest absolute Gasteiger partial charge is 0.384 e. The molecule has 160 valence electrons. The van der Waals surface area contributed by atoms with E-state index in [9.17, 15) is 14.7 Å². The van der Waals surface area contributed by atoms with Crippen LogP contribution < -0.4 is 0 Å². The van der Waals surface area contributed by atoms with Crippen LogP contribution in [0.1, 0.15) is 55.2 Å². The minimum absolute atomic E-state index is 0.0120. The summed E-state index contributed by atoms with van der Waals surface area (Å²) in [5.41, 5.74) is 1.23. The minimum atomic E-state index is -0.757. The first-order chi connectivity index (χ1) is 14.6. The van der Waals surface area contributed by atoms with Crippen molar-refractivity contribution in [2.24, 2.45) is 0 Å². The second-order valence-electron chi connectivity index (χ2n) is 8.14. The second kappa shape index (κ2) is 9.71. The predicted octanol–water partition coefficient (Wildman–Crippen LogP) is 3.18. The molecule has 6 nitrogen and oxygen atoms in total. The molecule has 4 rings (SSSR count). The number of hydrogen-bond donors (Lipinski definition) is 1. The average Bonchev–Trinajstić information content (AvgIpc) is 3.55. The van der Waals surface area contributed by atoms with E-state index in [0.29, 0.717) is 30.9 Å². The molecule has 3 atom stereocenters. The lowest BCUT2D eigenvalue weighted by atomic mass is 10.1. The monoisotopic (exact) mass is 427 g/mol. The van der Waals surface area contributed by atoms with Gasteiger partial charge in [0, 0.05) is 31.1 Å². The Hall–Kier alpha value is -2.25. The Labute approximate surface area is 181 Å². The van der Waals surface area contributed by atoms with Crippen molar-refractivity contribution in [1.29, 1.82) is 0 Å². The molecule has 0 aliphatic carbocycles. The zero-order valence-electron chi connectivity index (χ0n) is 17.2. The summed E-state index contributed by atoms with van der Waals surface area (Å²) in [5, 5.41) is 13.2. The molecular formula is C23H29N3O3S. The summed E-state index contributed by atoms with van der Waals surface area (Å²) in [4.78, 5) is 34.0. The third kappa shape index (κ3) is 4.57. The van der Waals surface area contributed by atoms with Crippen LogP contribution in [0.15, 0.2) is 41.9 Å². The number of hydrogen-bond acceptors (Lipinski definition) is 5. The van der Waals surface area contributed by atoms with Crippen LogP contribution >= 0.6 is 11.3 Å². The molecule has 2 aromatic rings. The first-order valence-corrected chi connectivity index (χ1v) is 11.7. The van der Waals surface area contributed by atoms with E-state index in [1.807, 2.05) is 23.6 Å². The van der Waals surface area contributed by atoms with Crippen molar-refractivity contribution < 1.29 is 14.7 Å². The number of aryl methyl sites for hydroxylation is 1. The van der Waals surface area contributed by atoms with Crippen LogP contribution in [-0.4, -0.2) is 56.9 Å². The van der Waals surface area contributed by atoms with Gasteiger partial charge in [-0.05, 0) is 44.1 Å². The minimum Gasteiger partial charge on any atom is -0.384 e. The van der Waals surface area contributed by atoms with E-state index in [4.69, 9.17) is 0 Å². The highest BCUT2D eigenvalue weighted by Crippen LogP contribution is 2.32. The van der Waals surface area contributed by atoms with Gasteiger partial charge in [0.2, 0.25) is 11.8 Å². The predicted molar refractivity (Wildman–Crippen MR) is 116 cm³/mol. The van der Waals surface area contributed by atoms with E-state index < -0.39 is 12.1 Å². The number of thiazole rings is 1. The summed E-state index contributed by atoms with van der Waals surface area (Å²) in [6.45, 7) is 1.28. The molecule has 30 heavy (non-hydrogen) atoms. The molecule has 1 aromatic heterocycles. The molecule has 7 heteroatoms. The highest BCUT2D eigenvalue weighted by molar-refractivity contribution is 7.09. The van der Waals surface area contributed by atoms with Gasteiger partial charge in [-0.2, -0.15) is 0 Å². The number of aliphatic hydroxyl groups is 1. The molecular weight excluding hydrogens is 398 g/mol. The molecule has 2 aliphatic rings. The van der Waals surface area contributed by atoms with Gasteiger partial charge in [-0.25, -0.2) is 4.98 Å². The van der Waals surface area contributed by atoms with E-state index in [1.54, 1.807) is 16.0 Å². The molecule has 2 aliphatic heterocycles. The second-order valence-corrected chi connectivity index (χ2v) is 9.07. The summed E-state index contributed by atoms with van der Waals surface area (Å²) in [6.07, 6.45) is 6.24. The number of benzene rings is 1. The first-order valence-electron chi connectivity index (χ1n) is 10.9. The quantitative estimate of drug-likeness (QED) is 0.737. The topological polar surface area (TPSA) is 73.7 Å². The van der Waals surface area contributed by atoms with Gasteiger partial charge in [-0.15, -0.1) is 11.3 Å². The Morgan fingerprint density at radius 3 is 2.67 bits per heavy atom. The normalized spacial score (nSPS) is 22.4. The van der Waals surface area contributed by atoms with Crippen LogP contribution in [0, 0.1) is 0 Å².